The van der Waals surface area contributed by atoms with E-state index >= 15 is 0 Å². The minimum absolute atomic E-state index is 0.744. The molecule has 2 atom stereocenters. The van der Waals surface area contributed by atoms with Crippen molar-refractivity contribution in [3.63, 3.8) is 0 Å². The highest BCUT2D eigenvalue weighted by Gasteiger charge is 2.27. The van der Waals surface area contributed by atoms with Crippen molar-refractivity contribution in [2.45, 2.75) is 76.3 Å². The molecule has 0 aromatic carbocycles. The Balaban J connectivity index is 1.96. The van der Waals surface area contributed by atoms with Crippen molar-refractivity contribution in [2.24, 2.45) is 0 Å². The molecular formula is C15H30N2. The van der Waals surface area contributed by atoms with Gasteiger partial charge in [-0.2, -0.15) is 0 Å². The van der Waals surface area contributed by atoms with E-state index in [9.17, 15) is 0 Å². The number of likely N-dealkylation sites (N-methyl/N-ethyl adjacent to an activating group) is 1. The molecule has 2 nitrogen and oxygen atoms in total. The van der Waals surface area contributed by atoms with Crippen LogP contribution in [0.4, 0.5) is 0 Å². The predicted octanol–water partition coefficient (Wildman–Crippen LogP) is 3.17. The van der Waals surface area contributed by atoms with Crippen molar-refractivity contribution in [1.29, 1.82) is 0 Å². The van der Waals surface area contributed by atoms with E-state index in [0.717, 1.165) is 12.1 Å². The van der Waals surface area contributed by atoms with Crippen LogP contribution in [0.2, 0.25) is 0 Å². The topological polar surface area (TPSA) is 15.3 Å². The fourth-order valence-corrected chi connectivity index (χ4v) is 3.67. The number of nitrogens with one attached hydrogen (secondary N) is 1. The number of rotatable bonds is 2. The summed E-state index contributed by atoms with van der Waals surface area (Å²) in [4.78, 5) is 2.81. The van der Waals surface area contributed by atoms with Gasteiger partial charge in [-0.25, -0.2) is 0 Å². The molecule has 0 spiro atoms. The standard InChI is InChI=1S/C15H30N2/c1-16-14-10-6-2-3-7-11-15(14)17-12-8-4-5-9-13-17/h14-16H,2-13H2,1H3. The van der Waals surface area contributed by atoms with Gasteiger partial charge in [0, 0.05) is 12.1 Å². The molecule has 0 radical (unpaired) electrons. The molecule has 2 fully saturated rings. The molecule has 100 valence electrons. The van der Waals surface area contributed by atoms with E-state index in [-0.39, 0.29) is 0 Å². The van der Waals surface area contributed by atoms with E-state index in [1.807, 2.05) is 0 Å². The molecule has 2 unspecified atom stereocenters. The van der Waals surface area contributed by atoms with Gasteiger partial charge in [0.2, 0.25) is 0 Å². The summed E-state index contributed by atoms with van der Waals surface area (Å²) in [6.07, 6.45) is 14.3. The Bertz CT molecular complexity index is 197. The highest BCUT2D eigenvalue weighted by Crippen LogP contribution is 2.24. The first kappa shape index (κ1) is 13.4. The van der Waals surface area contributed by atoms with Gasteiger partial charge in [-0.15, -0.1) is 0 Å². The van der Waals surface area contributed by atoms with E-state index in [4.69, 9.17) is 0 Å². The first-order valence-corrected chi connectivity index (χ1v) is 7.83. The Kier molecular flexibility index (Phi) is 5.79. The summed E-state index contributed by atoms with van der Waals surface area (Å²) in [6, 6.07) is 1.56. The minimum atomic E-state index is 0.744. The van der Waals surface area contributed by atoms with Gasteiger partial charge in [0.1, 0.15) is 0 Å². The Morgan fingerprint density at radius 2 is 1.35 bits per heavy atom. The molecule has 0 aromatic heterocycles. The van der Waals surface area contributed by atoms with Crippen molar-refractivity contribution >= 4 is 0 Å². The van der Waals surface area contributed by atoms with Gasteiger partial charge in [-0.05, 0) is 45.8 Å². The average molecular weight is 238 g/mol. The molecule has 0 aromatic rings. The van der Waals surface area contributed by atoms with Gasteiger partial charge >= 0.3 is 0 Å². The molecule has 17 heavy (non-hydrogen) atoms. The van der Waals surface area contributed by atoms with Crippen LogP contribution in [-0.4, -0.2) is 37.1 Å². The van der Waals surface area contributed by atoms with Crippen LogP contribution in [0.1, 0.15) is 64.2 Å². The van der Waals surface area contributed by atoms with E-state index in [1.54, 1.807) is 0 Å². The van der Waals surface area contributed by atoms with Crippen molar-refractivity contribution in [2.75, 3.05) is 20.1 Å². The van der Waals surface area contributed by atoms with Crippen LogP contribution >= 0.6 is 0 Å². The molecule has 2 rings (SSSR count). The summed E-state index contributed by atoms with van der Waals surface area (Å²) < 4.78 is 0. The molecular weight excluding hydrogens is 208 g/mol. The first-order chi connectivity index (χ1) is 8.42. The lowest BCUT2D eigenvalue weighted by Gasteiger charge is -2.38. The minimum Gasteiger partial charge on any atom is -0.315 e. The lowest BCUT2D eigenvalue weighted by molar-refractivity contribution is 0.141. The van der Waals surface area contributed by atoms with Gasteiger partial charge < -0.3 is 5.32 Å². The van der Waals surface area contributed by atoms with E-state index in [1.165, 1.54) is 77.3 Å². The third-order valence-corrected chi connectivity index (χ3v) is 4.71. The zero-order valence-electron chi connectivity index (χ0n) is 11.6. The van der Waals surface area contributed by atoms with Crippen molar-refractivity contribution < 1.29 is 0 Å². The molecule has 2 aliphatic rings. The van der Waals surface area contributed by atoms with E-state index in [2.05, 4.69) is 17.3 Å². The quantitative estimate of drug-likeness (QED) is 0.795. The molecule has 1 N–H and O–H groups in total. The Morgan fingerprint density at radius 1 is 0.765 bits per heavy atom. The maximum absolute atomic E-state index is 3.60. The summed E-state index contributed by atoms with van der Waals surface area (Å²) in [5.41, 5.74) is 0. The van der Waals surface area contributed by atoms with E-state index < -0.39 is 0 Å². The van der Waals surface area contributed by atoms with Gasteiger partial charge in [0.25, 0.3) is 0 Å². The van der Waals surface area contributed by atoms with Crippen molar-refractivity contribution in [3.8, 4) is 0 Å². The monoisotopic (exact) mass is 238 g/mol. The van der Waals surface area contributed by atoms with Gasteiger partial charge in [0.15, 0.2) is 0 Å². The van der Waals surface area contributed by atoms with Crippen LogP contribution in [0.5, 0.6) is 0 Å². The van der Waals surface area contributed by atoms with Crippen molar-refractivity contribution in [1.82, 2.24) is 10.2 Å². The Labute approximate surface area is 107 Å². The number of hydrogen-bond donors (Lipinski definition) is 1. The Morgan fingerprint density at radius 3 is 2.00 bits per heavy atom. The molecule has 1 saturated carbocycles. The van der Waals surface area contributed by atoms with Gasteiger partial charge in [-0.1, -0.05) is 38.5 Å². The zero-order valence-corrected chi connectivity index (χ0v) is 11.6. The summed E-state index contributed by atoms with van der Waals surface area (Å²) in [6.45, 7) is 2.70. The van der Waals surface area contributed by atoms with Crippen LogP contribution in [0.3, 0.4) is 0 Å². The average Bonchev–Trinajstić information content (AvgIpc) is 2.58. The normalized spacial score (nSPS) is 33.7. The maximum Gasteiger partial charge on any atom is 0.0249 e. The molecule has 0 amide bonds. The highest BCUT2D eigenvalue weighted by molar-refractivity contribution is 4.86. The second kappa shape index (κ2) is 7.38. The Hall–Kier alpha value is -0.0800. The third kappa shape index (κ3) is 3.96. The molecule has 1 heterocycles. The SMILES string of the molecule is CNC1CCCCCCC1N1CCCCCC1. The maximum atomic E-state index is 3.60. The lowest BCUT2D eigenvalue weighted by atomic mass is 9.91. The fourth-order valence-electron chi connectivity index (χ4n) is 3.67. The van der Waals surface area contributed by atoms with Crippen LogP contribution < -0.4 is 5.32 Å². The number of likely N-dealkylation sites (tertiary alicyclic amines) is 1. The zero-order chi connectivity index (χ0) is 11.9. The van der Waals surface area contributed by atoms with E-state index in [0.29, 0.717) is 0 Å². The molecule has 1 aliphatic carbocycles. The number of nitrogens with zero attached hydrogens (tertiary/aromatic N) is 1. The largest absolute Gasteiger partial charge is 0.315 e. The molecule has 1 saturated heterocycles. The molecule has 1 aliphatic heterocycles. The molecule has 0 bridgehead atoms. The summed E-state index contributed by atoms with van der Waals surface area (Å²) >= 11 is 0. The first-order valence-electron chi connectivity index (χ1n) is 7.83. The lowest BCUT2D eigenvalue weighted by Crippen LogP contribution is -2.49. The second-order valence-corrected chi connectivity index (χ2v) is 5.90. The summed E-state index contributed by atoms with van der Waals surface area (Å²) in [7, 11) is 2.16. The smallest absolute Gasteiger partial charge is 0.0249 e. The van der Waals surface area contributed by atoms with Crippen LogP contribution in [0.15, 0.2) is 0 Å². The van der Waals surface area contributed by atoms with Gasteiger partial charge in [-0.3, -0.25) is 4.90 Å². The van der Waals surface area contributed by atoms with Crippen LogP contribution in [0.25, 0.3) is 0 Å². The third-order valence-electron chi connectivity index (χ3n) is 4.71. The number of hydrogen-bond acceptors (Lipinski definition) is 2. The summed E-state index contributed by atoms with van der Waals surface area (Å²) in [5, 5.41) is 3.60. The fraction of sp³-hybridized carbons (Fsp3) is 1.00. The second-order valence-electron chi connectivity index (χ2n) is 5.90. The van der Waals surface area contributed by atoms with Crippen LogP contribution in [-0.2, 0) is 0 Å². The van der Waals surface area contributed by atoms with Gasteiger partial charge in [0.05, 0.1) is 0 Å². The summed E-state index contributed by atoms with van der Waals surface area (Å²) in [5.74, 6) is 0. The van der Waals surface area contributed by atoms with Crippen LogP contribution in [0, 0.1) is 0 Å². The van der Waals surface area contributed by atoms with Crippen molar-refractivity contribution in [3.05, 3.63) is 0 Å². The molecule has 2 heteroatoms. The highest BCUT2D eigenvalue weighted by atomic mass is 15.2. The predicted molar refractivity (Wildman–Crippen MR) is 74.4 cm³/mol.